The number of Topliss-reactive ketones (excluding diaryl/α,β-unsaturated/α-hetero) is 1. The minimum atomic E-state index is -1.88. The molecule has 0 amide bonds. The second-order valence-electron chi connectivity index (χ2n) is 1.65. The third kappa shape index (κ3) is 3.99. The van der Waals surface area contributed by atoms with Crippen molar-refractivity contribution >= 4 is 23.9 Å². The van der Waals surface area contributed by atoms with Crippen molar-refractivity contribution in [3.63, 3.8) is 0 Å². The van der Waals surface area contributed by atoms with Gasteiger partial charge >= 0.3 is 18.1 Å². The van der Waals surface area contributed by atoms with Crippen LogP contribution in [0.15, 0.2) is 0 Å². The number of carbonyl (C=O) groups excluding carboxylic acids is 2. The molecular weight excluding hydrogens is 172 g/mol. The molecule has 7 heteroatoms. The molecule has 12 heavy (non-hydrogen) atoms. The number of rotatable bonds is 3. The summed E-state index contributed by atoms with van der Waals surface area (Å²) in [5.41, 5.74) is 0. The lowest BCUT2D eigenvalue weighted by molar-refractivity contribution is -0.153. The highest BCUT2D eigenvalue weighted by molar-refractivity contribution is 6.35. The fraction of sp³-hybridized carbons (Fsp3) is 0.200. The van der Waals surface area contributed by atoms with Crippen molar-refractivity contribution in [3.05, 3.63) is 0 Å². The molecule has 0 fully saturated rings. The second-order valence-corrected chi connectivity index (χ2v) is 1.65. The van der Waals surface area contributed by atoms with Crippen LogP contribution in [0.3, 0.4) is 0 Å². The van der Waals surface area contributed by atoms with E-state index in [0.29, 0.717) is 0 Å². The zero-order chi connectivity index (χ0) is 9.72. The third-order valence-electron chi connectivity index (χ3n) is 0.745. The predicted octanol–water partition coefficient (Wildman–Crippen LogP) is -0.749. The maximum absolute atomic E-state index is 10.3. The average Bonchev–Trinajstić information content (AvgIpc) is 1.84. The van der Waals surface area contributed by atoms with Crippen LogP contribution in [-0.2, 0) is 19.1 Å². The number of hydrogen-bond acceptors (Lipinski definition) is 5. The van der Waals surface area contributed by atoms with Crippen LogP contribution < -0.4 is 0 Å². The molecule has 0 aromatic rings. The molecule has 0 saturated carbocycles. The summed E-state index contributed by atoms with van der Waals surface area (Å²) in [6.45, 7) is 0. The lowest BCUT2D eigenvalue weighted by Gasteiger charge is -1.93. The average molecular weight is 176 g/mol. The van der Waals surface area contributed by atoms with Crippen molar-refractivity contribution in [1.82, 2.24) is 0 Å². The Balaban J connectivity index is 3.94. The molecule has 0 spiro atoms. The fourth-order valence-corrected chi connectivity index (χ4v) is 0.340. The van der Waals surface area contributed by atoms with E-state index >= 15 is 0 Å². The van der Waals surface area contributed by atoms with Crippen molar-refractivity contribution in [2.45, 2.75) is 6.42 Å². The van der Waals surface area contributed by atoms with Gasteiger partial charge in [0.15, 0.2) is 0 Å². The van der Waals surface area contributed by atoms with Crippen LogP contribution in [0.2, 0.25) is 0 Å². The normalized spacial score (nSPS) is 8.67. The van der Waals surface area contributed by atoms with Crippen molar-refractivity contribution < 1.29 is 34.1 Å². The fourth-order valence-electron chi connectivity index (χ4n) is 0.340. The minimum Gasteiger partial charge on any atom is -0.475 e. The first-order chi connectivity index (χ1) is 5.43. The summed E-state index contributed by atoms with van der Waals surface area (Å²) in [7, 11) is 0. The van der Waals surface area contributed by atoms with E-state index in [9.17, 15) is 19.2 Å². The molecule has 0 rings (SSSR count). The number of carbonyl (C=O) groups is 4. The van der Waals surface area contributed by atoms with Crippen LogP contribution in [0.5, 0.6) is 0 Å². The van der Waals surface area contributed by atoms with Crippen LogP contribution >= 0.6 is 0 Å². The van der Waals surface area contributed by atoms with Gasteiger partial charge < -0.3 is 14.9 Å². The molecule has 0 bridgehead atoms. The van der Waals surface area contributed by atoms with E-state index in [1.165, 1.54) is 0 Å². The van der Waals surface area contributed by atoms with Gasteiger partial charge in [0.05, 0.1) is 0 Å². The first kappa shape index (κ1) is 10.1. The Hall–Kier alpha value is -1.92. The summed E-state index contributed by atoms with van der Waals surface area (Å²) >= 11 is 0. The van der Waals surface area contributed by atoms with Crippen LogP contribution in [0.25, 0.3) is 0 Å². The van der Waals surface area contributed by atoms with E-state index < -0.39 is 30.3 Å². The SMILES string of the molecule is O=C(O)OC(=O)CC(=O)C(=O)O. The van der Waals surface area contributed by atoms with Crippen LogP contribution in [-0.4, -0.2) is 34.1 Å². The highest BCUT2D eigenvalue weighted by atomic mass is 16.7. The number of esters is 1. The summed E-state index contributed by atoms with van der Waals surface area (Å²) in [5.74, 6) is -4.63. The van der Waals surface area contributed by atoms with Gasteiger partial charge in [-0.25, -0.2) is 9.59 Å². The van der Waals surface area contributed by atoms with Crippen LogP contribution in [0, 0.1) is 0 Å². The Bertz CT molecular complexity index is 240. The van der Waals surface area contributed by atoms with Crippen molar-refractivity contribution in [2.75, 3.05) is 0 Å². The number of carboxylic acid groups (broad SMARTS) is 2. The van der Waals surface area contributed by atoms with Crippen molar-refractivity contribution in [1.29, 1.82) is 0 Å². The molecule has 0 radical (unpaired) electrons. The van der Waals surface area contributed by atoms with Gasteiger partial charge in [0.25, 0.3) is 5.78 Å². The van der Waals surface area contributed by atoms with Gasteiger partial charge in [-0.1, -0.05) is 0 Å². The topological polar surface area (TPSA) is 118 Å². The Morgan fingerprint density at radius 3 is 1.92 bits per heavy atom. The summed E-state index contributed by atoms with van der Waals surface area (Å²) in [5, 5.41) is 15.8. The van der Waals surface area contributed by atoms with E-state index in [0.717, 1.165) is 0 Å². The molecule has 7 nitrogen and oxygen atoms in total. The van der Waals surface area contributed by atoms with Gasteiger partial charge in [-0.15, -0.1) is 0 Å². The molecule has 0 unspecified atom stereocenters. The van der Waals surface area contributed by atoms with Gasteiger partial charge in [-0.3, -0.25) is 9.59 Å². The Kier molecular flexibility index (Phi) is 3.41. The standard InChI is InChI=1S/C5H4O7/c6-2(4(8)9)1-3(7)12-5(10)11/h1H2,(H,8,9)(H,10,11). The highest BCUT2D eigenvalue weighted by Gasteiger charge is 2.19. The molecule has 0 saturated heterocycles. The Morgan fingerprint density at radius 2 is 1.58 bits per heavy atom. The molecule has 66 valence electrons. The van der Waals surface area contributed by atoms with Crippen molar-refractivity contribution in [3.8, 4) is 0 Å². The highest BCUT2D eigenvalue weighted by Crippen LogP contribution is 1.89. The lowest BCUT2D eigenvalue weighted by atomic mass is 10.3. The van der Waals surface area contributed by atoms with E-state index in [1.807, 2.05) is 0 Å². The molecule has 0 aliphatic rings. The number of hydrogen-bond donors (Lipinski definition) is 2. The van der Waals surface area contributed by atoms with Crippen molar-refractivity contribution in [2.24, 2.45) is 0 Å². The molecule has 0 aromatic carbocycles. The first-order valence-corrected chi connectivity index (χ1v) is 2.63. The molecule has 0 heterocycles. The van der Waals surface area contributed by atoms with E-state index in [1.54, 1.807) is 0 Å². The number of ether oxygens (including phenoxy) is 1. The molecule has 0 aliphatic heterocycles. The van der Waals surface area contributed by atoms with E-state index in [2.05, 4.69) is 4.74 Å². The second kappa shape index (κ2) is 4.06. The van der Waals surface area contributed by atoms with Gasteiger partial charge in [0.1, 0.15) is 6.42 Å². The molecule has 0 aromatic heterocycles. The number of ketones is 1. The van der Waals surface area contributed by atoms with Crippen LogP contribution in [0.4, 0.5) is 4.79 Å². The third-order valence-corrected chi connectivity index (χ3v) is 0.745. The molecular formula is C5H4O7. The zero-order valence-corrected chi connectivity index (χ0v) is 5.64. The Labute approximate surface area is 65.5 Å². The number of aliphatic carboxylic acids is 1. The summed E-state index contributed by atoms with van der Waals surface area (Å²) in [4.78, 5) is 40.0. The van der Waals surface area contributed by atoms with Gasteiger partial charge in [-0.05, 0) is 0 Å². The zero-order valence-electron chi connectivity index (χ0n) is 5.64. The monoisotopic (exact) mass is 176 g/mol. The first-order valence-electron chi connectivity index (χ1n) is 2.63. The van der Waals surface area contributed by atoms with Gasteiger partial charge in [0, 0.05) is 0 Å². The van der Waals surface area contributed by atoms with E-state index in [-0.39, 0.29) is 0 Å². The smallest absolute Gasteiger partial charge is 0.475 e. The summed E-state index contributed by atoms with van der Waals surface area (Å²) < 4.78 is 3.46. The van der Waals surface area contributed by atoms with Gasteiger partial charge in [-0.2, -0.15) is 0 Å². The van der Waals surface area contributed by atoms with Gasteiger partial charge in [0.2, 0.25) is 0 Å². The summed E-state index contributed by atoms with van der Waals surface area (Å²) in [6.07, 6.45) is -2.96. The molecule has 0 aliphatic carbocycles. The molecule has 0 atom stereocenters. The Morgan fingerprint density at radius 1 is 1.08 bits per heavy atom. The number of carboxylic acids is 1. The van der Waals surface area contributed by atoms with Crippen LogP contribution in [0.1, 0.15) is 6.42 Å². The van der Waals surface area contributed by atoms with E-state index in [4.69, 9.17) is 10.2 Å². The maximum Gasteiger partial charge on any atom is 0.513 e. The quantitative estimate of drug-likeness (QED) is 0.330. The lowest BCUT2D eigenvalue weighted by Crippen LogP contribution is -2.20. The summed E-state index contributed by atoms with van der Waals surface area (Å²) in [6, 6.07) is 0. The maximum atomic E-state index is 10.3. The molecule has 2 N–H and O–H groups in total. The largest absolute Gasteiger partial charge is 0.513 e. The predicted molar refractivity (Wildman–Crippen MR) is 31.4 cm³/mol. The minimum absolute atomic E-state index is 1.08.